The van der Waals surface area contributed by atoms with Gasteiger partial charge in [-0.1, -0.05) is 0 Å². The Balaban J connectivity index is 2.07. The number of hydrogen-bond donors (Lipinski definition) is 1. The molecule has 4 heteroatoms. The van der Waals surface area contributed by atoms with E-state index in [1.54, 1.807) is 0 Å². The average Bonchev–Trinajstić information content (AvgIpc) is 2.53. The quantitative estimate of drug-likeness (QED) is 0.297. The first kappa shape index (κ1) is 21.6. The summed E-state index contributed by atoms with van der Waals surface area (Å²) in [4.78, 5) is 10.4. The predicted octanol–water partition coefficient (Wildman–Crippen LogP) is 6.42. The van der Waals surface area contributed by atoms with Gasteiger partial charge in [-0.05, 0) is 0 Å². The zero-order valence-corrected chi connectivity index (χ0v) is 17.8. The monoisotopic (exact) mass is 416 g/mol. The van der Waals surface area contributed by atoms with Gasteiger partial charge in [0.1, 0.15) is 0 Å². The van der Waals surface area contributed by atoms with Crippen molar-refractivity contribution in [2.75, 3.05) is 19.5 Å². The van der Waals surface area contributed by atoms with Crippen molar-refractivity contribution >= 4 is 32.1 Å². The Morgan fingerprint density at radius 2 is 1.33 bits per heavy atom. The van der Waals surface area contributed by atoms with Gasteiger partial charge >= 0.3 is 146 Å². The Bertz CT molecular complexity index is 479. The minimum atomic E-state index is -1.89. The Morgan fingerprint density at radius 3 is 1.83 bits per heavy atom. The summed E-state index contributed by atoms with van der Waals surface area (Å²) in [5.74, 6) is -0.665. The first-order valence-corrected chi connectivity index (χ1v) is 14.6. The van der Waals surface area contributed by atoms with Crippen LogP contribution in [0.5, 0.6) is 0 Å². The van der Waals surface area contributed by atoms with Gasteiger partial charge in [-0.15, -0.1) is 0 Å². The number of carboxylic acids is 1. The van der Waals surface area contributed by atoms with Gasteiger partial charge in [0.25, 0.3) is 0 Å². The molecule has 1 aromatic carbocycles. The zero-order valence-electron chi connectivity index (χ0n) is 15.3. The summed E-state index contributed by atoms with van der Waals surface area (Å²) >= 11 is 4.11. The van der Waals surface area contributed by atoms with Crippen LogP contribution in [-0.4, -0.2) is 30.6 Å². The van der Waals surface area contributed by atoms with Gasteiger partial charge in [-0.25, -0.2) is 0 Å². The first-order chi connectivity index (χ1) is 11.3. The topological polar surface area (TPSA) is 37.3 Å². The van der Waals surface area contributed by atoms with Gasteiger partial charge < -0.3 is 5.11 Å². The number of hydrogen-bond acceptors (Lipinski definition) is 1. The molecule has 138 valence electrons. The third-order valence-electron chi connectivity index (χ3n) is 4.75. The Labute approximate surface area is 156 Å². The third kappa shape index (κ3) is 9.18. The molecule has 0 aromatic heterocycles. The molecule has 2 nitrogen and oxygen atoms in total. The van der Waals surface area contributed by atoms with E-state index < -0.39 is 11.3 Å². The van der Waals surface area contributed by atoms with Crippen molar-refractivity contribution in [3.63, 3.8) is 0 Å². The standard InChI is InChI=1S/C20H34BrO2P/c1-24(2,21,19-15-11-10-12-16-19)18-14-9-7-5-3-4-6-8-13-17-20(22)23/h10-12,15-16H,3-9,13-14,17-18H2,1-2H3,(H,22,23). The van der Waals surface area contributed by atoms with Crippen molar-refractivity contribution in [1.29, 1.82) is 0 Å². The number of unbranched alkanes of at least 4 members (excludes halogenated alkanes) is 8. The molecule has 1 N–H and O–H groups in total. The van der Waals surface area contributed by atoms with E-state index in [0.29, 0.717) is 6.42 Å². The second-order valence-corrected chi connectivity index (χ2v) is 19.9. The molecular formula is C20H34BrO2P. The van der Waals surface area contributed by atoms with Crippen molar-refractivity contribution < 1.29 is 9.90 Å². The summed E-state index contributed by atoms with van der Waals surface area (Å²) in [5, 5.41) is 8.17. The first-order valence-electron chi connectivity index (χ1n) is 9.30. The third-order valence-corrected chi connectivity index (χ3v) is 10.5. The normalized spacial score (nSPS) is 13.4. The maximum atomic E-state index is 10.4. The minimum absolute atomic E-state index is 0.327. The molecule has 1 aromatic rings. The fourth-order valence-corrected chi connectivity index (χ4v) is 7.04. The molecule has 0 heterocycles. The number of carbonyl (C=O) groups is 1. The van der Waals surface area contributed by atoms with Crippen molar-refractivity contribution in [2.45, 2.75) is 64.2 Å². The van der Waals surface area contributed by atoms with Crippen molar-refractivity contribution in [3.05, 3.63) is 30.3 Å². The zero-order chi connectivity index (χ0) is 17.9. The van der Waals surface area contributed by atoms with Gasteiger partial charge in [0.15, 0.2) is 0 Å². The van der Waals surface area contributed by atoms with Crippen molar-refractivity contribution in [2.24, 2.45) is 0 Å². The molecule has 0 aliphatic carbocycles. The molecule has 0 amide bonds. The summed E-state index contributed by atoms with van der Waals surface area (Å²) in [6.07, 6.45) is 12.5. The van der Waals surface area contributed by atoms with Crippen LogP contribution in [0.1, 0.15) is 64.2 Å². The Morgan fingerprint density at radius 1 is 0.875 bits per heavy atom. The Kier molecular flexibility index (Phi) is 9.52. The predicted molar refractivity (Wildman–Crippen MR) is 112 cm³/mol. The number of benzene rings is 1. The van der Waals surface area contributed by atoms with Crippen LogP contribution in [-0.2, 0) is 4.79 Å². The van der Waals surface area contributed by atoms with Crippen molar-refractivity contribution in [3.8, 4) is 0 Å². The van der Waals surface area contributed by atoms with Gasteiger partial charge in [0, 0.05) is 0 Å². The second-order valence-electron chi connectivity index (χ2n) is 7.61. The van der Waals surface area contributed by atoms with E-state index in [0.717, 1.165) is 12.8 Å². The average molecular weight is 417 g/mol. The molecule has 0 radical (unpaired) electrons. The van der Waals surface area contributed by atoms with Gasteiger partial charge in [0.2, 0.25) is 0 Å². The fraction of sp³-hybridized carbons (Fsp3) is 0.650. The number of halogens is 1. The molecule has 0 bridgehead atoms. The summed E-state index contributed by atoms with van der Waals surface area (Å²) in [5.41, 5.74) is 0. The summed E-state index contributed by atoms with van der Waals surface area (Å²) in [6, 6.07) is 10.9. The summed E-state index contributed by atoms with van der Waals surface area (Å²) in [7, 11) is 0. The van der Waals surface area contributed by atoms with Gasteiger partial charge in [-0.2, -0.15) is 0 Å². The van der Waals surface area contributed by atoms with E-state index in [1.807, 2.05) is 0 Å². The van der Waals surface area contributed by atoms with E-state index >= 15 is 0 Å². The van der Waals surface area contributed by atoms with Crippen LogP contribution in [0, 0.1) is 0 Å². The van der Waals surface area contributed by atoms with E-state index in [1.165, 1.54) is 56.4 Å². The van der Waals surface area contributed by atoms with Crippen molar-refractivity contribution in [1.82, 2.24) is 0 Å². The molecule has 0 saturated heterocycles. The van der Waals surface area contributed by atoms with Crippen LogP contribution >= 0.6 is 20.8 Å². The second kappa shape index (κ2) is 10.6. The van der Waals surface area contributed by atoms with E-state index in [9.17, 15) is 4.79 Å². The van der Waals surface area contributed by atoms with Crippen LogP contribution in [0.3, 0.4) is 0 Å². The van der Waals surface area contributed by atoms with E-state index in [-0.39, 0.29) is 0 Å². The molecule has 1 rings (SSSR count). The molecular weight excluding hydrogens is 383 g/mol. The van der Waals surface area contributed by atoms with Crippen LogP contribution in [0.25, 0.3) is 0 Å². The van der Waals surface area contributed by atoms with Gasteiger partial charge in [0.05, 0.1) is 0 Å². The molecule has 0 aliphatic heterocycles. The SMILES string of the molecule is CP(C)(Br)(CCCCCCCCCCCC(=O)O)c1ccccc1. The fourth-order valence-electron chi connectivity index (χ4n) is 3.10. The van der Waals surface area contributed by atoms with Crippen LogP contribution in [0.4, 0.5) is 0 Å². The van der Waals surface area contributed by atoms with Crippen LogP contribution in [0.15, 0.2) is 30.3 Å². The molecule has 0 fully saturated rings. The number of rotatable bonds is 13. The summed E-state index contributed by atoms with van der Waals surface area (Å²) < 4.78 is 0. The van der Waals surface area contributed by atoms with Crippen LogP contribution in [0.2, 0.25) is 0 Å². The number of aliphatic carboxylic acids is 1. The van der Waals surface area contributed by atoms with E-state index in [2.05, 4.69) is 59.2 Å². The van der Waals surface area contributed by atoms with Gasteiger partial charge in [-0.3, -0.25) is 4.79 Å². The molecule has 24 heavy (non-hydrogen) atoms. The molecule has 0 atom stereocenters. The molecule has 0 aliphatic rings. The molecule has 0 unspecified atom stereocenters. The number of carboxylic acid groups (broad SMARTS) is 1. The maximum absolute atomic E-state index is 10.4. The molecule has 0 spiro atoms. The van der Waals surface area contributed by atoms with Crippen LogP contribution < -0.4 is 5.30 Å². The van der Waals surface area contributed by atoms with E-state index in [4.69, 9.17) is 5.11 Å². The summed E-state index contributed by atoms with van der Waals surface area (Å²) in [6.45, 7) is 4.83. The Hall–Kier alpha value is -0.400. The molecule has 0 saturated carbocycles.